The average Bonchev–Trinajstić information content (AvgIpc) is 2.35. The number of alkyl carbamates (subject to hydrolysis) is 1. The Morgan fingerprint density at radius 1 is 1.32 bits per heavy atom. The molecule has 0 spiro atoms. The van der Waals surface area contributed by atoms with Crippen LogP contribution in [0.15, 0.2) is 18.2 Å². The predicted molar refractivity (Wildman–Crippen MR) is 74.4 cm³/mol. The lowest BCUT2D eigenvalue weighted by Gasteiger charge is -2.23. The van der Waals surface area contributed by atoms with Crippen molar-refractivity contribution in [1.82, 2.24) is 5.32 Å². The second-order valence-corrected chi connectivity index (χ2v) is 4.38. The highest BCUT2D eigenvalue weighted by molar-refractivity contribution is 5.92. The number of nitrogens with one attached hydrogen (secondary N) is 1. The number of hydrogen-bond donors (Lipinski definition) is 1. The molecule has 0 saturated carbocycles. The molecule has 0 aliphatic rings. The third kappa shape index (κ3) is 4.28. The Morgan fingerprint density at radius 2 is 2.00 bits per heavy atom. The van der Waals surface area contributed by atoms with Crippen molar-refractivity contribution in [2.24, 2.45) is 0 Å². The van der Waals surface area contributed by atoms with Gasteiger partial charge in [-0.25, -0.2) is 4.79 Å². The maximum Gasteiger partial charge on any atom is 0.406 e. The Balaban J connectivity index is 2.77. The minimum Gasteiger partial charge on any atom is -0.453 e. The molecule has 2 amide bonds. The van der Waals surface area contributed by atoms with Crippen molar-refractivity contribution in [2.75, 3.05) is 25.1 Å². The monoisotopic (exact) mass is 264 g/mol. The molecule has 1 N–H and O–H groups in total. The first-order valence-corrected chi connectivity index (χ1v) is 6.13. The molecule has 1 rings (SSSR count). The van der Waals surface area contributed by atoms with Gasteiger partial charge in [0.15, 0.2) is 0 Å². The summed E-state index contributed by atoms with van der Waals surface area (Å²) in [5.74, 6) is -0.0568. The Hall–Kier alpha value is -2.04. The minimum atomic E-state index is -0.496. The fourth-order valence-electron chi connectivity index (χ4n) is 1.90. The van der Waals surface area contributed by atoms with Gasteiger partial charge in [-0.2, -0.15) is 0 Å². The highest BCUT2D eigenvalue weighted by Crippen LogP contribution is 2.21. The average molecular weight is 264 g/mol. The highest BCUT2D eigenvalue weighted by atomic mass is 16.5. The topological polar surface area (TPSA) is 58.6 Å². The van der Waals surface area contributed by atoms with E-state index in [1.807, 2.05) is 32.0 Å². The van der Waals surface area contributed by atoms with E-state index in [0.29, 0.717) is 13.1 Å². The zero-order valence-electron chi connectivity index (χ0n) is 11.8. The van der Waals surface area contributed by atoms with Gasteiger partial charge in [0.05, 0.1) is 7.11 Å². The predicted octanol–water partition coefficient (Wildman–Crippen LogP) is 2.01. The van der Waals surface area contributed by atoms with E-state index in [1.165, 1.54) is 14.0 Å². The Morgan fingerprint density at radius 3 is 2.53 bits per heavy atom. The Labute approximate surface area is 113 Å². The summed E-state index contributed by atoms with van der Waals surface area (Å²) in [4.78, 5) is 24.3. The van der Waals surface area contributed by atoms with Crippen LogP contribution in [0.5, 0.6) is 0 Å². The first-order chi connectivity index (χ1) is 8.95. The second kappa shape index (κ2) is 6.78. The van der Waals surface area contributed by atoms with E-state index in [1.54, 1.807) is 4.90 Å². The number of aryl methyl sites for hydroxylation is 2. The molecule has 1 aromatic rings. The SMILES string of the molecule is COC(=O)NCCN(C(C)=O)c1ccc(C)cc1C. The molecule has 0 fully saturated rings. The summed E-state index contributed by atoms with van der Waals surface area (Å²) >= 11 is 0. The Bertz CT molecular complexity index is 472. The standard InChI is InChI=1S/C14H20N2O3/c1-10-5-6-13(11(2)9-10)16(12(3)17)8-7-15-14(18)19-4/h5-6,9H,7-8H2,1-4H3,(H,15,18). The highest BCUT2D eigenvalue weighted by Gasteiger charge is 2.13. The lowest BCUT2D eigenvalue weighted by Crippen LogP contribution is -2.37. The van der Waals surface area contributed by atoms with Gasteiger partial charge in [0.1, 0.15) is 0 Å². The number of amides is 2. The van der Waals surface area contributed by atoms with Gasteiger partial charge in [-0.3, -0.25) is 4.79 Å². The second-order valence-electron chi connectivity index (χ2n) is 4.38. The van der Waals surface area contributed by atoms with Gasteiger partial charge in [0, 0.05) is 25.7 Å². The molecule has 19 heavy (non-hydrogen) atoms. The number of methoxy groups -OCH3 is 1. The lowest BCUT2D eigenvalue weighted by molar-refractivity contribution is -0.116. The molecule has 5 nitrogen and oxygen atoms in total. The van der Waals surface area contributed by atoms with Crippen LogP contribution in [-0.4, -0.2) is 32.2 Å². The van der Waals surface area contributed by atoms with Crippen molar-refractivity contribution in [1.29, 1.82) is 0 Å². The molecule has 0 bridgehead atoms. The van der Waals surface area contributed by atoms with Gasteiger partial charge >= 0.3 is 6.09 Å². The summed E-state index contributed by atoms with van der Waals surface area (Å²) in [6.07, 6.45) is -0.496. The van der Waals surface area contributed by atoms with Crippen LogP contribution in [0.3, 0.4) is 0 Å². The number of anilines is 1. The molecule has 0 radical (unpaired) electrons. The molecule has 0 aromatic heterocycles. The normalized spacial score (nSPS) is 9.89. The smallest absolute Gasteiger partial charge is 0.406 e. The van der Waals surface area contributed by atoms with Crippen LogP contribution in [0.1, 0.15) is 18.1 Å². The molecule has 0 aliphatic heterocycles. The molecule has 5 heteroatoms. The molecule has 1 aromatic carbocycles. The van der Waals surface area contributed by atoms with Gasteiger partial charge in [-0.1, -0.05) is 17.7 Å². The number of carbonyl (C=O) groups is 2. The van der Waals surface area contributed by atoms with Crippen molar-refractivity contribution in [3.05, 3.63) is 29.3 Å². The lowest BCUT2D eigenvalue weighted by atomic mass is 10.1. The summed E-state index contributed by atoms with van der Waals surface area (Å²) in [5.41, 5.74) is 3.05. The van der Waals surface area contributed by atoms with Gasteiger partial charge in [0.25, 0.3) is 0 Å². The minimum absolute atomic E-state index is 0.0568. The van der Waals surface area contributed by atoms with E-state index in [2.05, 4.69) is 10.1 Å². The van der Waals surface area contributed by atoms with Crippen molar-refractivity contribution < 1.29 is 14.3 Å². The number of rotatable bonds is 4. The van der Waals surface area contributed by atoms with E-state index >= 15 is 0 Å². The van der Waals surface area contributed by atoms with Gasteiger partial charge in [0.2, 0.25) is 5.91 Å². The first-order valence-electron chi connectivity index (χ1n) is 6.13. The Kier molecular flexibility index (Phi) is 5.36. The maximum absolute atomic E-state index is 11.7. The third-order valence-corrected chi connectivity index (χ3v) is 2.81. The molecule has 0 heterocycles. The van der Waals surface area contributed by atoms with Crippen LogP contribution in [0, 0.1) is 13.8 Å². The molecule has 0 atom stereocenters. The summed E-state index contributed by atoms with van der Waals surface area (Å²) in [6, 6.07) is 5.91. The van der Waals surface area contributed by atoms with Crippen molar-refractivity contribution in [3.8, 4) is 0 Å². The van der Waals surface area contributed by atoms with Crippen molar-refractivity contribution in [3.63, 3.8) is 0 Å². The number of nitrogens with zero attached hydrogens (tertiary/aromatic N) is 1. The summed E-state index contributed by atoms with van der Waals surface area (Å²) in [5, 5.41) is 2.56. The first kappa shape index (κ1) is 15.0. The van der Waals surface area contributed by atoms with Crippen LogP contribution >= 0.6 is 0 Å². The molecule has 0 saturated heterocycles. The van der Waals surface area contributed by atoms with Gasteiger partial charge < -0.3 is 15.0 Å². The number of hydrogen-bond acceptors (Lipinski definition) is 3. The van der Waals surface area contributed by atoms with E-state index in [9.17, 15) is 9.59 Å². The number of ether oxygens (including phenoxy) is 1. The largest absolute Gasteiger partial charge is 0.453 e. The van der Waals surface area contributed by atoms with Crippen molar-refractivity contribution in [2.45, 2.75) is 20.8 Å². The van der Waals surface area contributed by atoms with Crippen LogP contribution < -0.4 is 10.2 Å². The summed E-state index contributed by atoms with van der Waals surface area (Å²) in [6.45, 7) is 6.24. The van der Waals surface area contributed by atoms with E-state index in [-0.39, 0.29) is 5.91 Å². The van der Waals surface area contributed by atoms with E-state index in [0.717, 1.165) is 16.8 Å². The van der Waals surface area contributed by atoms with Crippen LogP contribution in [0.25, 0.3) is 0 Å². The fraction of sp³-hybridized carbons (Fsp3) is 0.429. The van der Waals surface area contributed by atoms with Crippen LogP contribution in [0.4, 0.5) is 10.5 Å². The third-order valence-electron chi connectivity index (χ3n) is 2.81. The van der Waals surface area contributed by atoms with E-state index in [4.69, 9.17) is 0 Å². The maximum atomic E-state index is 11.7. The van der Waals surface area contributed by atoms with Gasteiger partial charge in [-0.05, 0) is 25.5 Å². The van der Waals surface area contributed by atoms with Gasteiger partial charge in [-0.15, -0.1) is 0 Å². The summed E-state index contributed by atoms with van der Waals surface area (Å²) < 4.78 is 4.48. The van der Waals surface area contributed by atoms with E-state index < -0.39 is 6.09 Å². The molecule has 0 unspecified atom stereocenters. The molecular weight excluding hydrogens is 244 g/mol. The number of carbonyl (C=O) groups excluding carboxylic acids is 2. The zero-order valence-corrected chi connectivity index (χ0v) is 11.8. The van der Waals surface area contributed by atoms with Crippen LogP contribution in [0.2, 0.25) is 0 Å². The molecule has 0 aliphatic carbocycles. The zero-order chi connectivity index (χ0) is 14.4. The molecular formula is C14H20N2O3. The fourth-order valence-corrected chi connectivity index (χ4v) is 1.90. The van der Waals surface area contributed by atoms with Crippen molar-refractivity contribution >= 4 is 17.7 Å². The summed E-state index contributed by atoms with van der Waals surface area (Å²) in [7, 11) is 1.31. The number of benzene rings is 1. The molecule has 104 valence electrons. The van der Waals surface area contributed by atoms with Crippen LogP contribution in [-0.2, 0) is 9.53 Å². The quantitative estimate of drug-likeness (QED) is 0.905.